The van der Waals surface area contributed by atoms with Gasteiger partial charge in [0.25, 0.3) is 0 Å². The van der Waals surface area contributed by atoms with E-state index in [4.69, 9.17) is 21.1 Å². The van der Waals surface area contributed by atoms with Crippen molar-refractivity contribution in [2.75, 3.05) is 26.1 Å². The molecule has 1 N–H and O–H groups in total. The van der Waals surface area contributed by atoms with Crippen LogP contribution in [0, 0.1) is 0 Å². The number of hydrogen-bond acceptors (Lipinski definition) is 4. The van der Waals surface area contributed by atoms with Gasteiger partial charge >= 0.3 is 6.18 Å². The third-order valence-corrected chi connectivity index (χ3v) is 2.42. The van der Waals surface area contributed by atoms with Crippen molar-refractivity contribution in [2.45, 2.75) is 12.5 Å². The molecule has 102 valence electrons. The zero-order valence-electron chi connectivity index (χ0n) is 9.71. The Labute approximate surface area is 107 Å². The summed E-state index contributed by atoms with van der Waals surface area (Å²) in [5.41, 5.74) is -0.895. The summed E-state index contributed by atoms with van der Waals surface area (Å²) in [6.45, 7) is 0.213. The highest BCUT2D eigenvalue weighted by atomic mass is 35.5. The number of alkyl halides is 3. The van der Waals surface area contributed by atoms with Crippen molar-refractivity contribution in [1.29, 1.82) is 0 Å². The lowest BCUT2D eigenvalue weighted by atomic mass is 10.3. The lowest BCUT2D eigenvalue weighted by molar-refractivity contribution is -0.137. The van der Waals surface area contributed by atoms with Crippen LogP contribution in [-0.4, -0.2) is 32.0 Å². The lowest BCUT2D eigenvalue weighted by Gasteiger charge is -2.15. The second-order valence-electron chi connectivity index (χ2n) is 3.33. The maximum Gasteiger partial charge on any atom is 0.417 e. The molecule has 1 heterocycles. The van der Waals surface area contributed by atoms with Gasteiger partial charge in [0.2, 0.25) is 0 Å². The van der Waals surface area contributed by atoms with E-state index in [1.165, 1.54) is 14.2 Å². The lowest BCUT2D eigenvalue weighted by Crippen LogP contribution is -2.24. The molecule has 1 aromatic rings. The van der Waals surface area contributed by atoms with Crippen molar-refractivity contribution >= 4 is 17.4 Å². The van der Waals surface area contributed by atoms with Crippen LogP contribution in [0.25, 0.3) is 0 Å². The van der Waals surface area contributed by atoms with Crippen molar-refractivity contribution < 1.29 is 22.6 Å². The minimum atomic E-state index is -4.46. The second-order valence-corrected chi connectivity index (χ2v) is 3.74. The van der Waals surface area contributed by atoms with E-state index in [1.54, 1.807) is 0 Å². The summed E-state index contributed by atoms with van der Waals surface area (Å²) < 4.78 is 46.9. The first-order chi connectivity index (χ1) is 8.38. The summed E-state index contributed by atoms with van der Waals surface area (Å²) in [4.78, 5) is 3.61. The molecule has 0 aliphatic carbocycles. The van der Waals surface area contributed by atoms with E-state index < -0.39 is 18.0 Å². The number of pyridine rings is 1. The zero-order valence-corrected chi connectivity index (χ0v) is 10.5. The third-order valence-electron chi connectivity index (χ3n) is 2.13. The van der Waals surface area contributed by atoms with Gasteiger partial charge in [-0.1, -0.05) is 11.6 Å². The number of halogens is 4. The monoisotopic (exact) mass is 284 g/mol. The SMILES string of the molecule is COC(CNc1ncc(C(F)(F)F)cc1Cl)OC. The zero-order chi connectivity index (χ0) is 13.8. The summed E-state index contributed by atoms with van der Waals surface area (Å²) >= 11 is 5.70. The summed E-state index contributed by atoms with van der Waals surface area (Å²) in [7, 11) is 2.88. The molecule has 0 aromatic carbocycles. The van der Waals surface area contributed by atoms with E-state index in [1.807, 2.05) is 0 Å². The van der Waals surface area contributed by atoms with E-state index in [2.05, 4.69) is 10.3 Å². The van der Waals surface area contributed by atoms with Crippen LogP contribution in [0.2, 0.25) is 5.02 Å². The van der Waals surface area contributed by atoms with Crippen LogP contribution < -0.4 is 5.32 Å². The van der Waals surface area contributed by atoms with Crippen molar-refractivity contribution in [1.82, 2.24) is 4.98 Å². The van der Waals surface area contributed by atoms with Crippen molar-refractivity contribution in [3.05, 3.63) is 22.8 Å². The molecule has 0 amide bonds. The number of rotatable bonds is 5. The molecule has 4 nitrogen and oxygen atoms in total. The summed E-state index contributed by atoms with van der Waals surface area (Å²) in [5, 5.41) is 2.62. The highest BCUT2D eigenvalue weighted by Gasteiger charge is 2.31. The fraction of sp³-hybridized carbons (Fsp3) is 0.500. The van der Waals surface area contributed by atoms with Gasteiger partial charge in [-0.05, 0) is 6.07 Å². The number of nitrogens with zero attached hydrogens (tertiary/aromatic N) is 1. The molecule has 0 bridgehead atoms. The molecule has 0 saturated carbocycles. The second kappa shape index (κ2) is 6.21. The maximum absolute atomic E-state index is 12.4. The Balaban J connectivity index is 2.74. The minimum Gasteiger partial charge on any atom is -0.364 e. The molecule has 1 aromatic heterocycles. The molecular weight excluding hydrogens is 273 g/mol. The summed E-state index contributed by atoms with van der Waals surface area (Å²) in [6, 6.07) is 0.811. The average Bonchev–Trinajstić information content (AvgIpc) is 2.30. The molecule has 0 fully saturated rings. The van der Waals surface area contributed by atoms with E-state index >= 15 is 0 Å². The minimum absolute atomic E-state index is 0.115. The van der Waals surface area contributed by atoms with Crippen LogP contribution in [0.4, 0.5) is 19.0 Å². The molecule has 0 atom stereocenters. The van der Waals surface area contributed by atoms with Gasteiger partial charge < -0.3 is 14.8 Å². The van der Waals surface area contributed by atoms with E-state index in [9.17, 15) is 13.2 Å². The fourth-order valence-corrected chi connectivity index (χ4v) is 1.40. The Morgan fingerprint density at radius 1 is 1.39 bits per heavy atom. The number of anilines is 1. The van der Waals surface area contributed by atoms with Crippen molar-refractivity contribution in [2.24, 2.45) is 0 Å². The van der Waals surface area contributed by atoms with Crippen LogP contribution in [0.3, 0.4) is 0 Å². The first kappa shape index (κ1) is 15.0. The predicted octanol–water partition coefficient (Wildman–Crippen LogP) is 2.78. The summed E-state index contributed by atoms with van der Waals surface area (Å²) in [5.74, 6) is 0.142. The summed E-state index contributed by atoms with van der Waals surface area (Å²) in [6.07, 6.45) is -4.29. The molecule has 0 spiro atoms. The van der Waals surface area contributed by atoms with E-state index in [0.29, 0.717) is 6.20 Å². The molecule has 8 heteroatoms. The van der Waals surface area contributed by atoms with Gasteiger partial charge in [-0.25, -0.2) is 4.98 Å². The number of nitrogens with one attached hydrogen (secondary N) is 1. The number of methoxy groups -OCH3 is 2. The fourth-order valence-electron chi connectivity index (χ4n) is 1.17. The molecule has 0 aliphatic heterocycles. The number of aromatic nitrogens is 1. The van der Waals surface area contributed by atoms with Gasteiger partial charge in [-0.15, -0.1) is 0 Å². The van der Waals surface area contributed by atoms with Crippen LogP contribution in [0.1, 0.15) is 5.56 Å². The topological polar surface area (TPSA) is 43.4 Å². The van der Waals surface area contributed by atoms with Crippen LogP contribution in [0.15, 0.2) is 12.3 Å². The Bertz CT molecular complexity index is 397. The third kappa shape index (κ3) is 4.01. The molecule has 1 rings (SSSR count). The van der Waals surface area contributed by atoms with Gasteiger partial charge in [0.05, 0.1) is 17.1 Å². The van der Waals surface area contributed by atoms with Gasteiger partial charge in [0.1, 0.15) is 5.82 Å². The quantitative estimate of drug-likeness (QED) is 0.845. The highest BCUT2D eigenvalue weighted by Crippen LogP contribution is 2.32. The van der Waals surface area contributed by atoms with Crippen molar-refractivity contribution in [3.8, 4) is 0 Å². The Morgan fingerprint density at radius 3 is 2.44 bits per heavy atom. The first-order valence-corrected chi connectivity index (χ1v) is 5.28. The van der Waals surface area contributed by atoms with Crippen LogP contribution >= 0.6 is 11.6 Å². The van der Waals surface area contributed by atoms with E-state index in [0.717, 1.165) is 6.07 Å². The molecule has 0 unspecified atom stereocenters. The maximum atomic E-state index is 12.4. The first-order valence-electron chi connectivity index (χ1n) is 4.90. The Morgan fingerprint density at radius 2 is 2.00 bits per heavy atom. The molecular formula is C10H12ClF3N2O2. The number of ether oxygens (including phenoxy) is 2. The molecule has 0 radical (unpaired) electrons. The Hall–Kier alpha value is -1.05. The van der Waals surface area contributed by atoms with Crippen LogP contribution in [-0.2, 0) is 15.7 Å². The Kier molecular flexibility index (Phi) is 5.18. The average molecular weight is 285 g/mol. The normalized spacial score (nSPS) is 11.9. The van der Waals surface area contributed by atoms with E-state index in [-0.39, 0.29) is 17.4 Å². The number of hydrogen-bond donors (Lipinski definition) is 1. The molecule has 18 heavy (non-hydrogen) atoms. The van der Waals surface area contributed by atoms with Gasteiger partial charge in [-0.2, -0.15) is 13.2 Å². The van der Waals surface area contributed by atoms with Gasteiger partial charge in [0.15, 0.2) is 6.29 Å². The molecule has 0 saturated heterocycles. The van der Waals surface area contributed by atoms with Gasteiger partial charge in [-0.3, -0.25) is 0 Å². The van der Waals surface area contributed by atoms with Gasteiger partial charge in [0, 0.05) is 20.4 Å². The standard InChI is InChI=1S/C10H12ClF3N2O2/c1-17-8(18-2)5-16-9-7(11)3-6(4-15-9)10(12,13)14/h3-4,8H,5H2,1-2H3,(H,15,16). The van der Waals surface area contributed by atoms with Crippen LogP contribution in [0.5, 0.6) is 0 Å². The smallest absolute Gasteiger partial charge is 0.364 e. The highest BCUT2D eigenvalue weighted by molar-refractivity contribution is 6.32. The molecule has 0 aliphatic rings. The largest absolute Gasteiger partial charge is 0.417 e. The van der Waals surface area contributed by atoms with Crippen molar-refractivity contribution in [3.63, 3.8) is 0 Å². The predicted molar refractivity (Wildman–Crippen MR) is 60.5 cm³/mol.